The number of hydrogen-bond acceptors (Lipinski definition) is 4. The van der Waals surface area contributed by atoms with Crippen LogP contribution in [0.3, 0.4) is 0 Å². The third-order valence-corrected chi connectivity index (χ3v) is 4.98. The van der Waals surface area contributed by atoms with E-state index in [9.17, 15) is 13.2 Å². The second kappa shape index (κ2) is 7.66. The molecule has 7 heteroatoms. The molecule has 0 bridgehead atoms. The average Bonchev–Trinajstić information content (AvgIpc) is 2.69. The van der Waals surface area contributed by atoms with Gasteiger partial charge in [0.1, 0.15) is 5.01 Å². The first-order valence-corrected chi connectivity index (χ1v) is 8.54. The zero-order valence-corrected chi connectivity index (χ0v) is 13.8. The van der Waals surface area contributed by atoms with Gasteiger partial charge in [0, 0.05) is 18.3 Å². The van der Waals surface area contributed by atoms with Crippen LogP contribution in [-0.4, -0.2) is 16.8 Å². The quantitative estimate of drug-likeness (QED) is 0.796. The van der Waals surface area contributed by atoms with E-state index in [-0.39, 0.29) is 17.5 Å². The molecule has 20 heavy (non-hydrogen) atoms. The van der Waals surface area contributed by atoms with Gasteiger partial charge in [0.2, 0.25) is 0 Å². The lowest BCUT2D eigenvalue weighted by atomic mass is 10.3. The van der Waals surface area contributed by atoms with Crippen molar-refractivity contribution in [1.82, 2.24) is 10.3 Å². The highest BCUT2D eigenvalue weighted by Gasteiger charge is 2.37. The van der Waals surface area contributed by atoms with Gasteiger partial charge in [-0.15, -0.1) is 11.3 Å². The normalized spacial score (nSPS) is 12.7. The fraction of sp³-hybridized carbons (Fsp3) is 0.769. The molecule has 0 unspecified atom stereocenters. The highest BCUT2D eigenvalue weighted by atomic mass is 32.2. The summed E-state index contributed by atoms with van der Waals surface area (Å²) in [6, 6.07) is 0.150. The number of hydrogen-bond donors (Lipinski definition) is 1. The Bertz CT molecular complexity index is 414. The summed E-state index contributed by atoms with van der Waals surface area (Å²) in [5.41, 5.74) is -0.726. The maximum Gasteiger partial charge on any atom is 0.434 e. The van der Waals surface area contributed by atoms with Gasteiger partial charge < -0.3 is 5.32 Å². The molecule has 0 amide bonds. The van der Waals surface area contributed by atoms with E-state index in [2.05, 4.69) is 24.1 Å². The molecule has 1 heterocycles. The fourth-order valence-corrected chi connectivity index (χ4v) is 3.63. The number of thioether (sulfide) groups is 1. The van der Waals surface area contributed by atoms with Crippen LogP contribution in [0.5, 0.6) is 0 Å². The molecule has 0 aromatic carbocycles. The van der Waals surface area contributed by atoms with Crippen molar-refractivity contribution in [2.45, 2.75) is 52.2 Å². The first-order chi connectivity index (χ1) is 9.20. The Kier molecular flexibility index (Phi) is 6.81. The zero-order chi connectivity index (χ0) is 15.3. The van der Waals surface area contributed by atoms with Crippen LogP contribution in [0.1, 0.15) is 43.3 Å². The summed E-state index contributed by atoms with van der Waals surface area (Å²) in [6.07, 6.45) is -4.37. The van der Waals surface area contributed by atoms with E-state index < -0.39 is 11.9 Å². The largest absolute Gasteiger partial charge is 0.434 e. The number of alkyl halides is 3. The molecule has 1 aromatic heterocycles. The fourth-order valence-electron chi connectivity index (χ4n) is 1.48. The lowest BCUT2D eigenvalue weighted by Crippen LogP contribution is -2.23. The van der Waals surface area contributed by atoms with Crippen LogP contribution in [-0.2, 0) is 18.5 Å². The number of nitrogens with zero attached hydrogens (tertiary/aromatic N) is 1. The third kappa shape index (κ3) is 6.01. The van der Waals surface area contributed by atoms with Crippen molar-refractivity contribution in [3.05, 3.63) is 15.6 Å². The Morgan fingerprint density at radius 1 is 1.25 bits per heavy atom. The average molecular weight is 326 g/mol. The van der Waals surface area contributed by atoms with Crippen molar-refractivity contribution < 1.29 is 13.2 Å². The van der Waals surface area contributed by atoms with E-state index in [1.165, 1.54) is 11.3 Å². The van der Waals surface area contributed by atoms with Crippen LogP contribution in [0.25, 0.3) is 0 Å². The van der Waals surface area contributed by atoms with E-state index in [0.717, 1.165) is 5.75 Å². The lowest BCUT2D eigenvalue weighted by Gasteiger charge is -2.09. The molecule has 0 radical (unpaired) electrons. The van der Waals surface area contributed by atoms with Gasteiger partial charge in [0.15, 0.2) is 5.69 Å². The first kappa shape index (κ1) is 17.8. The maximum absolute atomic E-state index is 12.9. The van der Waals surface area contributed by atoms with Crippen LogP contribution >= 0.6 is 23.1 Å². The molecule has 116 valence electrons. The summed E-state index contributed by atoms with van der Waals surface area (Å²) in [4.78, 5) is 4.07. The SMILES string of the molecule is CC(C)CSCc1nc(C(F)(F)F)c(CNC(C)C)s1. The number of halogens is 3. The minimum absolute atomic E-state index is 0.150. The van der Waals surface area contributed by atoms with Crippen molar-refractivity contribution in [1.29, 1.82) is 0 Å². The molecule has 0 spiro atoms. The number of thiazole rings is 1. The van der Waals surface area contributed by atoms with E-state index in [0.29, 0.717) is 16.7 Å². The predicted octanol–water partition coefficient (Wildman–Crippen LogP) is 4.55. The monoisotopic (exact) mass is 326 g/mol. The van der Waals surface area contributed by atoms with E-state index in [1.54, 1.807) is 11.8 Å². The predicted molar refractivity (Wildman–Crippen MR) is 80.1 cm³/mol. The molecular weight excluding hydrogens is 305 g/mol. The summed E-state index contributed by atoms with van der Waals surface area (Å²) in [7, 11) is 0. The minimum Gasteiger partial charge on any atom is -0.310 e. The molecular formula is C13H21F3N2S2. The van der Waals surface area contributed by atoms with E-state index in [1.807, 2.05) is 13.8 Å². The van der Waals surface area contributed by atoms with Gasteiger partial charge in [-0.05, 0) is 11.7 Å². The number of aromatic nitrogens is 1. The molecule has 2 nitrogen and oxygen atoms in total. The minimum atomic E-state index is -4.37. The molecule has 0 atom stereocenters. The molecule has 1 rings (SSSR count). The topological polar surface area (TPSA) is 24.9 Å². The van der Waals surface area contributed by atoms with Gasteiger partial charge >= 0.3 is 6.18 Å². The molecule has 0 aliphatic heterocycles. The van der Waals surface area contributed by atoms with Gasteiger partial charge in [0.25, 0.3) is 0 Å². The van der Waals surface area contributed by atoms with Crippen LogP contribution in [0, 0.1) is 5.92 Å². The number of rotatable bonds is 7. The van der Waals surface area contributed by atoms with Crippen molar-refractivity contribution >= 4 is 23.1 Å². The summed E-state index contributed by atoms with van der Waals surface area (Å²) in [5.74, 6) is 2.01. The van der Waals surface area contributed by atoms with Crippen molar-refractivity contribution in [2.24, 2.45) is 5.92 Å². The van der Waals surface area contributed by atoms with Crippen molar-refractivity contribution in [3.8, 4) is 0 Å². The van der Waals surface area contributed by atoms with Gasteiger partial charge in [-0.25, -0.2) is 4.98 Å². The molecule has 0 fully saturated rings. The Hall–Kier alpha value is -0.270. The van der Waals surface area contributed by atoms with Crippen LogP contribution in [0.15, 0.2) is 0 Å². The summed E-state index contributed by atoms with van der Waals surface area (Å²) < 4.78 is 38.8. The van der Waals surface area contributed by atoms with Gasteiger partial charge in [-0.2, -0.15) is 24.9 Å². The summed E-state index contributed by atoms with van der Waals surface area (Å²) >= 11 is 2.80. The Morgan fingerprint density at radius 3 is 2.40 bits per heavy atom. The van der Waals surface area contributed by atoms with Crippen molar-refractivity contribution in [2.75, 3.05) is 5.75 Å². The molecule has 0 aliphatic carbocycles. The second-order valence-electron chi connectivity index (χ2n) is 5.32. The Balaban J connectivity index is 2.77. The first-order valence-electron chi connectivity index (χ1n) is 6.57. The third-order valence-electron chi connectivity index (χ3n) is 2.36. The molecule has 0 saturated heterocycles. The number of nitrogens with one attached hydrogen (secondary N) is 1. The highest BCUT2D eigenvalue weighted by molar-refractivity contribution is 7.98. The maximum atomic E-state index is 12.9. The Labute approximate surface area is 126 Å². The summed E-state index contributed by atoms with van der Waals surface area (Å²) in [5, 5.41) is 3.58. The van der Waals surface area contributed by atoms with Crippen LogP contribution in [0.4, 0.5) is 13.2 Å². The van der Waals surface area contributed by atoms with Crippen LogP contribution < -0.4 is 5.32 Å². The molecule has 0 aliphatic rings. The standard InChI is InChI=1S/C13H21F3N2S2/c1-8(2)6-19-7-11-18-12(13(14,15)16)10(20-11)5-17-9(3)4/h8-9,17H,5-7H2,1-4H3. The second-order valence-corrected chi connectivity index (χ2v) is 7.52. The molecule has 0 saturated carbocycles. The highest BCUT2D eigenvalue weighted by Crippen LogP contribution is 2.35. The van der Waals surface area contributed by atoms with Crippen LogP contribution in [0.2, 0.25) is 0 Å². The Morgan fingerprint density at radius 2 is 1.90 bits per heavy atom. The van der Waals surface area contributed by atoms with Crippen molar-refractivity contribution in [3.63, 3.8) is 0 Å². The summed E-state index contributed by atoms with van der Waals surface area (Å²) in [6.45, 7) is 8.22. The molecule has 1 aromatic rings. The molecule has 1 N–H and O–H groups in total. The van der Waals surface area contributed by atoms with Gasteiger partial charge in [-0.3, -0.25) is 0 Å². The van der Waals surface area contributed by atoms with Gasteiger partial charge in [-0.1, -0.05) is 27.7 Å². The van der Waals surface area contributed by atoms with E-state index >= 15 is 0 Å². The van der Waals surface area contributed by atoms with E-state index in [4.69, 9.17) is 0 Å². The smallest absolute Gasteiger partial charge is 0.310 e. The zero-order valence-electron chi connectivity index (χ0n) is 12.2. The lowest BCUT2D eigenvalue weighted by molar-refractivity contribution is -0.141. The van der Waals surface area contributed by atoms with Gasteiger partial charge in [0.05, 0.1) is 4.88 Å².